The van der Waals surface area contributed by atoms with E-state index in [-0.39, 0.29) is 0 Å². The maximum atomic E-state index is 10.2. The summed E-state index contributed by atoms with van der Waals surface area (Å²) in [5, 5.41) is 86.0. The molecule has 2 aliphatic heterocycles. The maximum Gasteiger partial charge on any atom is 0.313 e. The molecule has 0 saturated carbocycles. The zero-order valence-electron chi connectivity index (χ0n) is 12.4. The van der Waals surface area contributed by atoms with Crippen LogP contribution in [0.5, 0.6) is 0 Å². The van der Waals surface area contributed by atoms with Gasteiger partial charge in [0.05, 0.1) is 13.2 Å². The smallest absolute Gasteiger partial charge is 0.313 e. The van der Waals surface area contributed by atoms with Crippen LogP contribution in [0.1, 0.15) is 0 Å². The molecular formula is C12H22O12. The van der Waals surface area contributed by atoms with Gasteiger partial charge < -0.3 is 55.4 Å². The summed E-state index contributed by atoms with van der Waals surface area (Å²) in [6, 6.07) is 0. The van der Waals surface area contributed by atoms with E-state index in [0.29, 0.717) is 0 Å². The minimum absolute atomic E-state index is 0.784. The lowest BCUT2D eigenvalue weighted by Gasteiger charge is -2.30. The van der Waals surface area contributed by atoms with Crippen LogP contribution in [-0.4, -0.2) is 120 Å². The summed E-state index contributed by atoms with van der Waals surface area (Å²) < 4.78 is 14.7. The summed E-state index contributed by atoms with van der Waals surface area (Å²) in [5.41, 5.74) is 0. The van der Waals surface area contributed by atoms with Gasteiger partial charge in [-0.1, -0.05) is 0 Å². The highest BCUT2D eigenvalue weighted by atomic mass is 16.9. The minimum atomic E-state index is -2.93. The normalized spacial score (nSPS) is 48.6. The molecule has 0 aromatic rings. The molecule has 2 fully saturated rings. The zero-order chi connectivity index (χ0) is 18.2. The Hall–Kier alpha value is -0.480. The number of aliphatic hydroxyl groups is 9. The largest absolute Gasteiger partial charge is 0.394 e. The topological polar surface area (TPSA) is 210 Å². The summed E-state index contributed by atoms with van der Waals surface area (Å²) >= 11 is 0. The Morgan fingerprint density at radius 1 is 0.875 bits per heavy atom. The van der Waals surface area contributed by atoms with Gasteiger partial charge >= 0.3 is 5.97 Å². The van der Waals surface area contributed by atoms with Crippen LogP contribution in [-0.2, 0) is 14.2 Å². The van der Waals surface area contributed by atoms with E-state index < -0.39 is 74.3 Å². The molecule has 0 amide bonds. The Morgan fingerprint density at radius 2 is 1.42 bits per heavy atom. The second kappa shape index (κ2) is 7.41. The van der Waals surface area contributed by atoms with Crippen LogP contribution in [0.25, 0.3) is 0 Å². The highest BCUT2D eigenvalue weighted by molar-refractivity contribution is 4.96. The van der Waals surface area contributed by atoms with Gasteiger partial charge in [-0.25, -0.2) is 0 Å². The standard InChI is InChI=1S/C12H22O12/c13-1-3(15)8-5(17)6(18)11(22-8)24-12(21)10(20)7(19)9(23-12)4(16)2-14/h3-11,13-21H,1-2H2/t3-,4-,5-,6+,7+,8-,9-,10+,11-,12+/m1/s1. The molecule has 0 aromatic carbocycles. The molecule has 2 rings (SSSR count). The van der Waals surface area contributed by atoms with Gasteiger partial charge in [0.1, 0.15) is 42.7 Å². The average molecular weight is 358 g/mol. The first kappa shape index (κ1) is 19.8. The van der Waals surface area contributed by atoms with E-state index >= 15 is 0 Å². The Labute approximate surface area is 135 Å². The maximum absolute atomic E-state index is 10.2. The number of hydrogen-bond acceptors (Lipinski definition) is 12. The molecule has 2 saturated heterocycles. The van der Waals surface area contributed by atoms with Crippen LogP contribution in [0.2, 0.25) is 0 Å². The fraction of sp³-hybridized carbons (Fsp3) is 1.00. The quantitative estimate of drug-likeness (QED) is 0.203. The fourth-order valence-electron chi connectivity index (χ4n) is 2.59. The molecule has 2 heterocycles. The van der Waals surface area contributed by atoms with Gasteiger partial charge in [0.15, 0.2) is 12.4 Å². The van der Waals surface area contributed by atoms with Crippen LogP contribution in [0, 0.1) is 0 Å². The van der Waals surface area contributed by atoms with Crippen molar-refractivity contribution in [1.29, 1.82) is 0 Å². The summed E-state index contributed by atoms with van der Waals surface area (Å²) in [5.74, 6) is -2.93. The van der Waals surface area contributed by atoms with Crippen LogP contribution < -0.4 is 0 Å². The molecule has 24 heavy (non-hydrogen) atoms. The molecule has 0 spiro atoms. The summed E-state index contributed by atoms with van der Waals surface area (Å²) in [4.78, 5) is 0. The van der Waals surface area contributed by atoms with Crippen molar-refractivity contribution < 1.29 is 60.2 Å². The molecule has 0 aliphatic carbocycles. The van der Waals surface area contributed by atoms with Gasteiger partial charge in [-0.3, -0.25) is 4.74 Å². The fourth-order valence-corrected chi connectivity index (χ4v) is 2.59. The summed E-state index contributed by atoms with van der Waals surface area (Å²) in [6.07, 6.45) is -15.4. The second-order valence-corrected chi connectivity index (χ2v) is 5.72. The van der Waals surface area contributed by atoms with Gasteiger partial charge in [-0.15, -0.1) is 0 Å². The SMILES string of the molecule is OC[C@@H](O)[C@H]1O[C@H](O[C@@]2(O)O[C@H]([C@H](O)CO)[C@H](O)[C@@H]2O)[C@@H](O)[C@H]1O. The molecule has 12 heteroatoms. The highest BCUT2D eigenvalue weighted by Crippen LogP contribution is 2.36. The van der Waals surface area contributed by atoms with Gasteiger partial charge in [-0.05, 0) is 0 Å². The minimum Gasteiger partial charge on any atom is -0.394 e. The third-order valence-electron chi connectivity index (χ3n) is 4.01. The number of aliphatic hydroxyl groups excluding tert-OH is 8. The van der Waals surface area contributed by atoms with Gasteiger partial charge in [0.2, 0.25) is 0 Å². The molecule has 0 radical (unpaired) electrons. The van der Waals surface area contributed by atoms with Crippen molar-refractivity contribution in [3.05, 3.63) is 0 Å². The van der Waals surface area contributed by atoms with Gasteiger partial charge in [0, 0.05) is 0 Å². The van der Waals surface area contributed by atoms with E-state index in [1.165, 1.54) is 0 Å². The predicted molar refractivity (Wildman–Crippen MR) is 69.8 cm³/mol. The zero-order valence-corrected chi connectivity index (χ0v) is 12.4. The van der Waals surface area contributed by atoms with Crippen LogP contribution in [0.4, 0.5) is 0 Å². The first-order valence-corrected chi connectivity index (χ1v) is 7.19. The van der Waals surface area contributed by atoms with Crippen LogP contribution in [0.3, 0.4) is 0 Å². The van der Waals surface area contributed by atoms with Crippen molar-refractivity contribution in [3.63, 3.8) is 0 Å². The summed E-state index contributed by atoms with van der Waals surface area (Å²) in [6.45, 7) is -1.62. The first-order chi connectivity index (χ1) is 11.2. The van der Waals surface area contributed by atoms with Crippen molar-refractivity contribution in [3.8, 4) is 0 Å². The van der Waals surface area contributed by atoms with Crippen molar-refractivity contribution in [2.24, 2.45) is 0 Å². The lowest BCUT2D eigenvalue weighted by Crippen LogP contribution is -2.50. The molecule has 142 valence electrons. The molecule has 0 aromatic heterocycles. The van der Waals surface area contributed by atoms with Crippen molar-refractivity contribution in [1.82, 2.24) is 0 Å². The molecule has 0 unspecified atom stereocenters. The summed E-state index contributed by atoms with van der Waals surface area (Å²) in [7, 11) is 0. The third kappa shape index (κ3) is 3.41. The van der Waals surface area contributed by atoms with E-state index in [1.807, 2.05) is 0 Å². The Kier molecular flexibility index (Phi) is 6.12. The molecule has 9 N–H and O–H groups in total. The lowest BCUT2D eigenvalue weighted by molar-refractivity contribution is -0.422. The number of hydrogen-bond donors (Lipinski definition) is 9. The van der Waals surface area contributed by atoms with Crippen LogP contribution >= 0.6 is 0 Å². The van der Waals surface area contributed by atoms with Crippen molar-refractivity contribution >= 4 is 0 Å². The Morgan fingerprint density at radius 3 is 1.96 bits per heavy atom. The molecule has 2 aliphatic rings. The first-order valence-electron chi connectivity index (χ1n) is 7.19. The van der Waals surface area contributed by atoms with E-state index in [0.717, 1.165) is 0 Å². The van der Waals surface area contributed by atoms with Gasteiger partial charge in [0.25, 0.3) is 0 Å². The van der Waals surface area contributed by atoms with E-state index in [1.54, 1.807) is 0 Å². The van der Waals surface area contributed by atoms with Gasteiger partial charge in [-0.2, -0.15) is 0 Å². The molecule has 0 bridgehead atoms. The highest BCUT2D eigenvalue weighted by Gasteiger charge is 2.60. The third-order valence-corrected chi connectivity index (χ3v) is 4.01. The molecular weight excluding hydrogens is 336 g/mol. The Bertz CT molecular complexity index is 423. The monoisotopic (exact) mass is 358 g/mol. The van der Waals surface area contributed by atoms with E-state index in [2.05, 4.69) is 0 Å². The molecule has 12 nitrogen and oxygen atoms in total. The number of rotatable bonds is 6. The predicted octanol–water partition coefficient (Wildman–Crippen LogP) is -6.08. The van der Waals surface area contributed by atoms with Crippen molar-refractivity contribution in [2.45, 2.75) is 61.1 Å². The van der Waals surface area contributed by atoms with Crippen molar-refractivity contribution in [2.75, 3.05) is 13.2 Å². The van der Waals surface area contributed by atoms with Crippen LogP contribution in [0.15, 0.2) is 0 Å². The van der Waals surface area contributed by atoms with E-state index in [9.17, 15) is 35.7 Å². The Balaban J connectivity index is 2.09. The van der Waals surface area contributed by atoms with E-state index in [4.69, 9.17) is 24.4 Å². The lowest BCUT2D eigenvalue weighted by atomic mass is 10.1. The number of ether oxygens (including phenoxy) is 3. The second-order valence-electron chi connectivity index (χ2n) is 5.72. The molecule has 10 atom stereocenters. The average Bonchev–Trinajstić information content (AvgIpc) is 2.96.